The van der Waals surface area contributed by atoms with E-state index in [1.807, 2.05) is 0 Å². The monoisotopic (exact) mass is 286 g/mol. The van der Waals surface area contributed by atoms with Crippen LogP contribution in [0, 0.1) is 0 Å². The Morgan fingerprint density at radius 2 is 2.25 bits per heavy atom. The van der Waals surface area contributed by atoms with Gasteiger partial charge in [-0.25, -0.2) is 4.98 Å². The molecule has 1 fully saturated rings. The van der Waals surface area contributed by atoms with Crippen molar-refractivity contribution in [2.45, 2.75) is 31.5 Å². The van der Waals surface area contributed by atoms with Gasteiger partial charge in [-0.05, 0) is 25.3 Å². The van der Waals surface area contributed by atoms with Gasteiger partial charge in [0.15, 0.2) is 0 Å². The number of aliphatic hydroxyl groups is 1. The summed E-state index contributed by atoms with van der Waals surface area (Å²) in [5.41, 5.74) is -0.534. The van der Waals surface area contributed by atoms with E-state index >= 15 is 0 Å². The van der Waals surface area contributed by atoms with Crippen LogP contribution in [0.1, 0.15) is 29.6 Å². The lowest BCUT2D eigenvalue weighted by Crippen LogP contribution is -2.48. The molecular formula is C13H16F2N2O3. The van der Waals surface area contributed by atoms with Crippen molar-refractivity contribution < 1.29 is 23.4 Å². The number of amides is 1. The van der Waals surface area contributed by atoms with Gasteiger partial charge in [0.25, 0.3) is 5.91 Å². The van der Waals surface area contributed by atoms with Crippen molar-refractivity contribution in [3.8, 4) is 5.88 Å². The Hall–Kier alpha value is -1.76. The van der Waals surface area contributed by atoms with Gasteiger partial charge >= 0.3 is 6.61 Å². The Bertz CT molecular complexity index is 475. The van der Waals surface area contributed by atoms with E-state index in [1.165, 1.54) is 23.2 Å². The molecule has 1 saturated carbocycles. The van der Waals surface area contributed by atoms with Crippen molar-refractivity contribution in [2.75, 3.05) is 13.6 Å². The number of aromatic nitrogens is 1. The number of carbonyl (C=O) groups is 1. The minimum absolute atomic E-state index is 0.239. The van der Waals surface area contributed by atoms with Gasteiger partial charge in [0, 0.05) is 25.9 Å². The highest BCUT2D eigenvalue weighted by atomic mass is 19.3. The first-order valence-corrected chi connectivity index (χ1v) is 6.28. The van der Waals surface area contributed by atoms with Gasteiger partial charge in [-0.15, -0.1) is 0 Å². The van der Waals surface area contributed by atoms with Gasteiger partial charge in [-0.1, -0.05) is 0 Å². The first-order valence-electron chi connectivity index (χ1n) is 6.28. The third-order valence-corrected chi connectivity index (χ3v) is 3.36. The van der Waals surface area contributed by atoms with Crippen molar-refractivity contribution in [2.24, 2.45) is 0 Å². The number of alkyl halides is 2. The van der Waals surface area contributed by atoms with Crippen LogP contribution in [0.3, 0.4) is 0 Å². The molecule has 1 aromatic rings. The maximum absolute atomic E-state index is 12.1. The molecule has 7 heteroatoms. The van der Waals surface area contributed by atoms with Crippen LogP contribution in [0.5, 0.6) is 5.88 Å². The summed E-state index contributed by atoms with van der Waals surface area (Å²) < 4.78 is 28.1. The second-order valence-electron chi connectivity index (χ2n) is 5.00. The molecule has 2 rings (SSSR count). The molecule has 0 atom stereocenters. The fourth-order valence-corrected chi connectivity index (χ4v) is 2.14. The van der Waals surface area contributed by atoms with Gasteiger partial charge in [0.2, 0.25) is 5.88 Å². The van der Waals surface area contributed by atoms with Gasteiger partial charge in [0.1, 0.15) is 0 Å². The van der Waals surface area contributed by atoms with E-state index < -0.39 is 12.2 Å². The molecule has 1 heterocycles. The van der Waals surface area contributed by atoms with Crippen LogP contribution in [0.15, 0.2) is 18.3 Å². The average Bonchev–Trinajstić information content (AvgIpc) is 2.36. The smallest absolute Gasteiger partial charge is 0.388 e. The molecule has 0 aliphatic heterocycles. The lowest BCUT2D eigenvalue weighted by molar-refractivity contribution is -0.0530. The zero-order valence-corrected chi connectivity index (χ0v) is 11.1. The summed E-state index contributed by atoms with van der Waals surface area (Å²) in [6.45, 7) is -2.69. The highest BCUT2D eigenvalue weighted by molar-refractivity contribution is 5.93. The lowest BCUT2D eigenvalue weighted by Gasteiger charge is -2.39. The van der Waals surface area contributed by atoms with E-state index in [1.54, 1.807) is 7.05 Å². The number of hydrogen-bond donors (Lipinski definition) is 1. The number of rotatable bonds is 5. The fourth-order valence-electron chi connectivity index (χ4n) is 2.14. The first-order chi connectivity index (χ1) is 9.39. The van der Waals surface area contributed by atoms with Crippen LogP contribution in [0.2, 0.25) is 0 Å². The van der Waals surface area contributed by atoms with E-state index in [4.69, 9.17) is 0 Å². The molecule has 1 aliphatic carbocycles. The van der Waals surface area contributed by atoms with Crippen molar-refractivity contribution in [1.82, 2.24) is 9.88 Å². The molecule has 0 radical (unpaired) electrons. The van der Waals surface area contributed by atoms with Crippen LogP contribution < -0.4 is 4.74 Å². The Labute approximate surface area is 115 Å². The number of likely N-dealkylation sites (N-methyl/N-ethyl adjacent to an activating group) is 1. The molecule has 1 N–H and O–H groups in total. The van der Waals surface area contributed by atoms with Crippen molar-refractivity contribution in [3.63, 3.8) is 0 Å². The van der Waals surface area contributed by atoms with E-state index in [0.29, 0.717) is 12.8 Å². The summed E-state index contributed by atoms with van der Waals surface area (Å²) in [6, 6.07) is 2.58. The molecule has 20 heavy (non-hydrogen) atoms. The number of halogens is 2. The van der Waals surface area contributed by atoms with Crippen molar-refractivity contribution >= 4 is 5.91 Å². The highest BCUT2D eigenvalue weighted by Gasteiger charge is 2.36. The molecule has 1 aliphatic rings. The minimum atomic E-state index is -2.94. The number of ether oxygens (including phenoxy) is 1. The number of carbonyl (C=O) groups excluding carboxylic acids is 1. The Balaban J connectivity index is 1.97. The van der Waals surface area contributed by atoms with Crippen LogP contribution in [-0.4, -0.2) is 46.7 Å². The normalized spacial score (nSPS) is 16.6. The Morgan fingerprint density at radius 3 is 2.70 bits per heavy atom. The summed E-state index contributed by atoms with van der Waals surface area (Å²) in [6.07, 6.45) is 3.51. The molecule has 1 amide bonds. The Morgan fingerprint density at radius 1 is 1.55 bits per heavy atom. The third-order valence-electron chi connectivity index (χ3n) is 3.36. The maximum Gasteiger partial charge on any atom is 0.388 e. The average molecular weight is 286 g/mol. The maximum atomic E-state index is 12.1. The van der Waals surface area contributed by atoms with Gasteiger partial charge in [-0.2, -0.15) is 8.78 Å². The molecule has 0 bridgehead atoms. The minimum Gasteiger partial charge on any atom is -0.417 e. The van der Waals surface area contributed by atoms with Gasteiger partial charge < -0.3 is 14.7 Å². The first kappa shape index (κ1) is 14.6. The SMILES string of the molecule is CN(CC1(O)CCC1)C(=O)c1ccc(OC(F)F)nc1. The largest absolute Gasteiger partial charge is 0.417 e. The molecule has 110 valence electrons. The lowest BCUT2D eigenvalue weighted by atomic mass is 9.80. The summed E-state index contributed by atoms with van der Waals surface area (Å²) in [5.74, 6) is -0.557. The molecular weight excluding hydrogens is 270 g/mol. The van der Waals surface area contributed by atoms with E-state index in [-0.39, 0.29) is 23.9 Å². The van der Waals surface area contributed by atoms with Crippen LogP contribution in [0.4, 0.5) is 8.78 Å². The van der Waals surface area contributed by atoms with E-state index in [0.717, 1.165) is 6.42 Å². The van der Waals surface area contributed by atoms with Crippen LogP contribution >= 0.6 is 0 Å². The predicted octanol–water partition coefficient (Wildman–Crippen LogP) is 1.67. The number of hydrogen-bond acceptors (Lipinski definition) is 4. The quantitative estimate of drug-likeness (QED) is 0.894. The topological polar surface area (TPSA) is 62.7 Å². The van der Waals surface area contributed by atoms with Gasteiger partial charge in [0.05, 0.1) is 11.2 Å². The molecule has 0 saturated heterocycles. The summed E-state index contributed by atoms with van der Waals surface area (Å²) in [7, 11) is 1.59. The summed E-state index contributed by atoms with van der Waals surface area (Å²) in [4.78, 5) is 17.1. The summed E-state index contributed by atoms with van der Waals surface area (Å²) >= 11 is 0. The van der Waals surface area contributed by atoms with Gasteiger partial charge in [-0.3, -0.25) is 4.79 Å². The molecule has 5 nitrogen and oxygen atoms in total. The second kappa shape index (κ2) is 5.70. The fraction of sp³-hybridized carbons (Fsp3) is 0.538. The van der Waals surface area contributed by atoms with E-state index in [9.17, 15) is 18.7 Å². The Kier molecular flexibility index (Phi) is 4.17. The zero-order chi connectivity index (χ0) is 14.8. The molecule has 0 spiro atoms. The molecule has 1 aromatic heterocycles. The summed E-state index contributed by atoms with van der Waals surface area (Å²) in [5, 5.41) is 10.0. The number of pyridine rings is 1. The van der Waals surface area contributed by atoms with Crippen molar-refractivity contribution in [1.29, 1.82) is 0 Å². The molecule has 0 aromatic carbocycles. The van der Waals surface area contributed by atoms with E-state index in [2.05, 4.69) is 9.72 Å². The van der Waals surface area contributed by atoms with Crippen LogP contribution in [-0.2, 0) is 0 Å². The predicted molar refractivity (Wildman–Crippen MR) is 66.6 cm³/mol. The molecule has 0 unspecified atom stereocenters. The number of nitrogens with zero attached hydrogens (tertiary/aromatic N) is 2. The second-order valence-corrected chi connectivity index (χ2v) is 5.00. The van der Waals surface area contributed by atoms with Crippen LogP contribution in [0.25, 0.3) is 0 Å². The third kappa shape index (κ3) is 3.41. The highest BCUT2D eigenvalue weighted by Crippen LogP contribution is 2.32. The zero-order valence-electron chi connectivity index (χ0n) is 11.1. The van der Waals surface area contributed by atoms with Crippen molar-refractivity contribution in [3.05, 3.63) is 23.9 Å². The standard InChI is InChI=1S/C13H16F2N2O3/c1-17(8-13(19)5-2-6-13)11(18)9-3-4-10(16-7-9)20-12(14)15/h3-4,7,12,19H,2,5-6,8H2,1H3.